The van der Waals surface area contributed by atoms with Crippen LogP contribution in [0.5, 0.6) is 5.75 Å². The highest BCUT2D eigenvalue weighted by molar-refractivity contribution is 5.97. The van der Waals surface area contributed by atoms with Gasteiger partial charge in [0.2, 0.25) is 0 Å². The van der Waals surface area contributed by atoms with Crippen LogP contribution in [0, 0.1) is 12.8 Å². The Hall–Kier alpha value is -1.51. The molecule has 2 N–H and O–H groups in total. The molecule has 0 spiro atoms. The van der Waals surface area contributed by atoms with Gasteiger partial charge in [0.05, 0.1) is 5.56 Å². The van der Waals surface area contributed by atoms with Gasteiger partial charge in [0.1, 0.15) is 5.75 Å². The van der Waals surface area contributed by atoms with E-state index in [0.29, 0.717) is 11.5 Å². The summed E-state index contributed by atoms with van der Waals surface area (Å²) >= 11 is 0. The Morgan fingerprint density at radius 1 is 1.41 bits per heavy atom. The predicted octanol–water partition coefficient (Wildman–Crippen LogP) is 2.87. The molecule has 0 aliphatic carbocycles. The summed E-state index contributed by atoms with van der Waals surface area (Å²) in [6, 6.07) is 5.23. The van der Waals surface area contributed by atoms with E-state index in [-0.39, 0.29) is 17.7 Å². The second-order valence-corrected chi connectivity index (χ2v) is 4.75. The van der Waals surface area contributed by atoms with Gasteiger partial charge in [-0.1, -0.05) is 26.8 Å². The van der Waals surface area contributed by atoms with Crippen LogP contribution in [-0.2, 0) is 0 Å². The average Bonchev–Trinajstić information content (AvgIpc) is 2.24. The topological polar surface area (TPSA) is 49.3 Å². The Balaban J connectivity index is 2.82. The number of amides is 1. The molecule has 1 unspecified atom stereocenters. The van der Waals surface area contributed by atoms with E-state index < -0.39 is 0 Å². The molecule has 1 rings (SSSR count). The zero-order chi connectivity index (χ0) is 13.0. The lowest BCUT2D eigenvalue weighted by Gasteiger charge is -2.21. The summed E-state index contributed by atoms with van der Waals surface area (Å²) in [5, 5.41) is 12.7. The first-order valence-electron chi connectivity index (χ1n) is 6.06. The van der Waals surface area contributed by atoms with Crippen molar-refractivity contribution in [2.24, 2.45) is 5.92 Å². The third kappa shape index (κ3) is 3.48. The second-order valence-electron chi connectivity index (χ2n) is 4.75. The van der Waals surface area contributed by atoms with E-state index in [1.165, 1.54) is 0 Å². The highest BCUT2D eigenvalue weighted by Crippen LogP contribution is 2.19. The van der Waals surface area contributed by atoms with Crippen LogP contribution < -0.4 is 5.32 Å². The lowest BCUT2D eigenvalue weighted by atomic mass is 10.0. The van der Waals surface area contributed by atoms with Crippen LogP contribution in [0.4, 0.5) is 0 Å². The first-order chi connectivity index (χ1) is 7.95. The van der Waals surface area contributed by atoms with Crippen LogP contribution in [0.25, 0.3) is 0 Å². The van der Waals surface area contributed by atoms with Crippen molar-refractivity contribution in [2.75, 3.05) is 0 Å². The molecule has 1 atom stereocenters. The van der Waals surface area contributed by atoms with Gasteiger partial charge >= 0.3 is 0 Å². The lowest BCUT2D eigenvalue weighted by Crippen LogP contribution is -2.38. The summed E-state index contributed by atoms with van der Waals surface area (Å²) in [5.74, 6) is 0.223. The summed E-state index contributed by atoms with van der Waals surface area (Å²) in [6.45, 7) is 8.07. The van der Waals surface area contributed by atoms with Crippen molar-refractivity contribution in [3.8, 4) is 5.75 Å². The molecule has 1 aromatic carbocycles. The van der Waals surface area contributed by atoms with Crippen LogP contribution in [0.15, 0.2) is 18.2 Å². The van der Waals surface area contributed by atoms with Gasteiger partial charge in [-0.25, -0.2) is 0 Å². The average molecular weight is 235 g/mol. The Labute approximate surface area is 103 Å². The third-order valence-electron chi connectivity index (χ3n) is 2.96. The van der Waals surface area contributed by atoms with Gasteiger partial charge < -0.3 is 10.4 Å². The molecule has 94 valence electrons. The number of hydrogen-bond donors (Lipinski definition) is 2. The minimum absolute atomic E-state index is 0.0427. The Kier molecular flexibility index (Phi) is 4.55. The summed E-state index contributed by atoms with van der Waals surface area (Å²) in [6.07, 6.45) is 0.885. The maximum atomic E-state index is 12.0. The van der Waals surface area contributed by atoms with Gasteiger partial charge in [0, 0.05) is 6.04 Å². The van der Waals surface area contributed by atoms with Gasteiger partial charge in [-0.2, -0.15) is 0 Å². The number of carbonyl (C=O) groups excluding carboxylic acids is 1. The number of phenolic OH excluding ortho intramolecular Hbond substituents is 1. The molecule has 0 saturated heterocycles. The number of rotatable bonds is 4. The highest BCUT2D eigenvalue weighted by atomic mass is 16.3. The van der Waals surface area contributed by atoms with E-state index in [4.69, 9.17) is 0 Å². The molecule has 0 aliphatic rings. The fourth-order valence-electron chi connectivity index (χ4n) is 1.82. The zero-order valence-electron chi connectivity index (χ0n) is 10.9. The summed E-state index contributed by atoms with van der Waals surface area (Å²) in [4.78, 5) is 12.0. The number of phenols is 1. The minimum atomic E-state index is -0.206. The van der Waals surface area contributed by atoms with Crippen molar-refractivity contribution >= 4 is 5.91 Å². The molecule has 3 nitrogen and oxygen atoms in total. The molecule has 0 aromatic heterocycles. The Bertz CT molecular complexity index is 399. The molecule has 0 bridgehead atoms. The van der Waals surface area contributed by atoms with E-state index in [1.807, 2.05) is 19.9 Å². The maximum absolute atomic E-state index is 12.0. The fraction of sp³-hybridized carbons (Fsp3) is 0.500. The minimum Gasteiger partial charge on any atom is -0.507 e. The number of aryl methyl sites for hydroxylation is 1. The largest absolute Gasteiger partial charge is 0.507 e. The monoisotopic (exact) mass is 235 g/mol. The number of hydrogen-bond acceptors (Lipinski definition) is 2. The summed E-state index contributed by atoms with van der Waals surface area (Å²) in [5.41, 5.74) is 1.28. The van der Waals surface area contributed by atoms with Crippen molar-refractivity contribution < 1.29 is 9.90 Å². The molecule has 1 amide bonds. The quantitative estimate of drug-likeness (QED) is 0.843. The van der Waals surface area contributed by atoms with Crippen LogP contribution in [-0.4, -0.2) is 17.1 Å². The normalized spacial score (nSPS) is 12.5. The van der Waals surface area contributed by atoms with Gasteiger partial charge in [0.25, 0.3) is 5.91 Å². The van der Waals surface area contributed by atoms with Gasteiger partial charge in [-0.15, -0.1) is 0 Å². The Morgan fingerprint density at radius 2 is 2.06 bits per heavy atom. The lowest BCUT2D eigenvalue weighted by molar-refractivity contribution is 0.0922. The van der Waals surface area contributed by atoms with Crippen molar-refractivity contribution in [3.63, 3.8) is 0 Å². The third-order valence-corrected chi connectivity index (χ3v) is 2.96. The number of aromatic hydroxyl groups is 1. The molecular formula is C14H21NO2. The van der Waals surface area contributed by atoms with Crippen molar-refractivity contribution in [2.45, 2.75) is 40.2 Å². The number of benzene rings is 1. The SMILES string of the molecule is CCC(NC(=O)c1ccc(C)cc1O)C(C)C. The van der Waals surface area contributed by atoms with E-state index in [2.05, 4.69) is 19.2 Å². The Morgan fingerprint density at radius 3 is 2.53 bits per heavy atom. The van der Waals surface area contributed by atoms with Crippen molar-refractivity contribution in [3.05, 3.63) is 29.3 Å². The molecule has 1 aromatic rings. The van der Waals surface area contributed by atoms with Gasteiger partial charge in [-0.3, -0.25) is 4.79 Å². The second kappa shape index (κ2) is 5.71. The first kappa shape index (κ1) is 13.6. The van der Waals surface area contributed by atoms with Crippen LogP contribution >= 0.6 is 0 Å². The molecule has 3 heteroatoms. The van der Waals surface area contributed by atoms with Crippen LogP contribution in [0.2, 0.25) is 0 Å². The molecule has 17 heavy (non-hydrogen) atoms. The van der Waals surface area contributed by atoms with E-state index in [0.717, 1.165) is 12.0 Å². The van der Waals surface area contributed by atoms with E-state index >= 15 is 0 Å². The van der Waals surface area contributed by atoms with E-state index in [1.54, 1.807) is 12.1 Å². The first-order valence-corrected chi connectivity index (χ1v) is 6.06. The van der Waals surface area contributed by atoms with Gasteiger partial charge in [-0.05, 0) is 37.0 Å². The predicted molar refractivity (Wildman–Crippen MR) is 69.2 cm³/mol. The highest BCUT2D eigenvalue weighted by Gasteiger charge is 2.17. The zero-order valence-corrected chi connectivity index (χ0v) is 10.9. The number of nitrogens with one attached hydrogen (secondary N) is 1. The molecular weight excluding hydrogens is 214 g/mol. The van der Waals surface area contributed by atoms with E-state index in [9.17, 15) is 9.90 Å². The number of carbonyl (C=O) groups is 1. The van der Waals surface area contributed by atoms with Crippen LogP contribution in [0.3, 0.4) is 0 Å². The fourth-order valence-corrected chi connectivity index (χ4v) is 1.82. The summed E-state index contributed by atoms with van der Waals surface area (Å²) < 4.78 is 0. The molecule has 0 fully saturated rings. The molecule has 0 heterocycles. The summed E-state index contributed by atoms with van der Waals surface area (Å²) in [7, 11) is 0. The molecule has 0 radical (unpaired) electrons. The maximum Gasteiger partial charge on any atom is 0.255 e. The van der Waals surface area contributed by atoms with Gasteiger partial charge in [0.15, 0.2) is 0 Å². The smallest absolute Gasteiger partial charge is 0.255 e. The van der Waals surface area contributed by atoms with Crippen molar-refractivity contribution in [1.82, 2.24) is 5.32 Å². The standard InChI is InChI=1S/C14H21NO2/c1-5-12(9(2)3)15-14(17)11-7-6-10(4)8-13(11)16/h6-9,12,16H,5H2,1-4H3,(H,15,17). The molecule has 0 aliphatic heterocycles. The van der Waals surface area contributed by atoms with Crippen molar-refractivity contribution in [1.29, 1.82) is 0 Å². The molecule has 0 saturated carbocycles. The van der Waals surface area contributed by atoms with Crippen LogP contribution in [0.1, 0.15) is 43.1 Å².